The Morgan fingerprint density at radius 1 is 0.667 bits per heavy atom. The molecule has 0 saturated carbocycles. The van der Waals surface area contributed by atoms with Gasteiger partial charge in [0, 0.05) is 16.7 Å². The minimum Gasteiger partial charge on any atom is -0.478 e. The highest BCUT2D eigenvalue weighted by molar-refractivity contribution is 6.16. The summed E-state index contributed by atoms with van der Waals surface area (Å²) >= 11 is 0. The number of carboxylic acid groups (broad SMARTS) is 4. The van der Waals surface area contributed by atoms with Crippen molar-refractivity contribution in [1.82, 2.24) is 0 Å². The maximum absolute atomic E-state index is 14.5. The van der Waals surface area contributed by atoms with E-state index >= 15 is 0 Å². The monoisotopic (exact) mass is 502 g/mol. The van der Waals surface area contributed by atoms with Crippen LogP contribution in [-0.2, 0) is 0 Å². The summed E-state index contributed by atoms with van der Waals surface area (Å²) in [7, 11) is 0. The molecule has 0 aliphatic carbocycles. The van der Waals surface area contributed by atoms with E-state index in [-0.39, 0.29) is 5.56 Å². The first-order chi connectivity index (χ1) is 16.9. The Kier molecular flexibility index (Phi) is 5.67. The standard InChI is InChI=1S/C24H13F3O9/c25-24(26,27)17-11-8-4-7-10(9-5-2-1-3-6-9)18(11)36-19-15(17)13(21(30)31)12(20(28)29)14(22(32)33)16(19)23(34)35/h1-8,17H,(H,28,29)(H,30,31)(H,32,33)(H,34,35). The molecule has 0 bridgehead atoms. The molecule has 1 atom stereocenters. The van der Waals surface area contributed by atoms with Gasteiger partial charge in [-0.05, 0) is 5.56 Å². The van der Waals surface area contributed by atoms with E-state index in [1.807, 2.05) is 0 Å². The van der Waals surface area contributed by atoms with Gasteiger partial charge in [-0.25, -0.2) is 19.2 Å². The summed E-state index contributed by atoms with van der Waals surface area (Å²) in [6, 6.07) is 11.5. The number of fused-ring (bicyclic) bond motifs is 2. The van der Waals surface area contributed by atoms with Crippen LogP contribution in [0, 0.1) is 0 Å². The van der Waals surface area contributed by atoms with Crippen molar-refractivity contribution in [3.05, 3.63) is 81.9 Å². The van der Waals surface area contributed by atoms with Crippen molar-refractivity contribution in [3.63, 3.8) is 0 Å². The number of hydrogen-bond acceptors (Lipinski definition) is 5. The van der Waals surface area contributed by atoms with Crippen LogP contribution in [0.4, 0.5) is 13.2 Å². The van der Waals surface area contributed by atoms with Crippen molar-refractivity contribution in [1.29, 1.82) is 0 Å². The largest absolute Gasteiger partial charge is 0.478 e. The number of para-hydroxylation sites is 1. The van der Waals surface area contributed by atoms with Gasteiger partial charge in [0.05, 0.1) is 16.7 Å². The molecule has 9 nitrogen and oxygen atoms in total. The Hall–Kier alpha value is -4.87. The molecule has 1 heterocycles. The molecule has 36 heavy (non-hydrogen) atoms. The quantitative estimate of drug-likeness (QED) is 0.379. The molecule has 0 fully saturated rings. The summed E-state index contributed by atoms with van der Waals surface area (Å²) in [5, 5.41) is 38.7. The maximum Gasteiger partial charge on any atom is 0.399 e. The zero-order valence-electron chi connectivity index (χ0n) is 17.7. The number of benzene rings is 3. The van der Waals surface area contributed by atoms with E-state index < -0.39 is 80.9 Å². The van der Waals surface area contributed by atoms with Gasteiger partial charge in [-0.3, -0.25) is 0 Å². The number of alkyl halides is 3. The fraction of sp³-hybridized carbons (Fsp3) is 0.0833. The minimum atomic E-state index is -5.26. The highest BCUT2D eigenvalue weighted by atomic mass is 19.4. The smallest absolute Gasteiger partial charge is 0.399 e. The molecule has 4 rings (SSSR count). The van der Waals surface area contributed by atoms with Crippen molar-refractivity contribution in [2.45, 2.75) is 12.1 Å². The van der Waals surface area contributed by atoms with Gasteiger partial charge in [0.2, 0.25) is 0 Å². The van der Waals surface area contributed by atoms with Gasteiger partial charge < -0.3 is 25.2 Å². The van der Waals surface area contributed by atoms with Crippen LogP contribution in [0.15, 0.2) is 48.5 Å². The van der Waals surface area contributed by atoms with Gasteiger partial charge in [0.25, 0.3) is 0 Å². The Bertz CT molecular complexity index is 1460. The lowest BCUT2D eigenvalue weighted by atomic mass is 9.78. The summed E-state index contributed by atoms with van der Waals surface area (Å²) in [5.74, 6) is -13.3. The van der Waals surface area contributed by atoms with Crippen molar-refractivity contribution < 1.29 is 57.5 Å². The molecule has 1 aliphatic heterocycles. The van der Waals surface area contributed by atoms with Crippen LogP contribution in [0.3, 0.4) is 0 Å². The molecule has 0 spiro atoms. The minimum absolute atomic E-state index is 0.0837. The predicted molar refractivity (Wildman–Crippen MR) is 114 cm³/mol. The third kappa shape index (κ3) is 3.68. The second kappa shape index (κ2) is 8.41. The first-order valence-corrected chi connectivity index (χ1v) is 9.96. The molecule has 0 aromatic heterocycles. The molecule has 0 saturated heterocycles. The van der Waals surface area contributed by atoms with Crippen LogP contribution in [0.2, 0.25) is 0 Å². The topological polar surface area (TPSA) is 158 Å². The fourth-order valence-electron chi connectivity index (χ4n) is 4.32. The lowest BCUT2D eigenvalue weighted by molar-refractivity contribution is -0.142. The average molecular weight is 502 g/mol. The number of aromatic carboxylic acids is 4. The van der Waals surface area contributed by atoms with E-state index in [1.54, 1.807) is 18.2 Å². The molecule has 3 aromatic rings. The molecule has 4 N–H and O–H groups in total. The highest BCUT2D eigenvalue weighted by Crippen LogP contribution is 2.56. The number of carboxylic acids is 4. The van der Waals surface area contributed by atoms with Gasteiger partial charge in [0.15, 0.2) is 0 Å². The van der Waals surface area contributed by atoms with Gasteiger partial charge in [-0.15, -0.1) is 0 Å². The van der Waals surface area contributed by atoms with Gasteiger partial charge in [0.1, 0.15) is 23.0 Å². The number of hydrogen-bond donors (Lipinski definition) is 4. The van der Waals surface area contributed by atoms with Crippen LogP contribution in [0.5, 0.6) is 11.5 Å². The number of ether oxygens (including phenoxy) is 1. The lowest BCUT2D eigenvalue weighted by Crippen LogP contribution is -2.31. The Morgan fingerprint density at radius 2 is 1.19 bits per heavy atom. The normalized spacial score (nSPS) is 14.2. The van der Waals surface area contributed by atoms with Crippen LogP contribution in [0.1, 0.15) is 58.5 Å². The first-order valence-electron chi connectivity index (χ1n) is 9.96. The van der Waals surface area contributed by atoms with E-state index in [9.17, 15) is 52.8 Å². The predicted octanol–water partition coefficient (Wildman–Crippen LogP) is 4.95. The maximum atomic E-state index is 14.5. The summed E-state index contributed by atoms with van der Waals surface area (Å²) in [5.41, 5.74) is -7.53. The average Bonchev–Trinajstić information content (AvgIpc) is 2.79. The summed E-state index contributed by atoms with van der Waals surface area (Å²) in [6.07, 6.45) is -5.26. The summed E-state index contributed by atoms with van der Waals surface area (Å²) in [4.78, 5) is 48.1. The van der Waals surface area contributed by atoms with Gasteiger partial charge in [-0.1, -0.05) is 48.5 Å². The first kappa shape index (κ1) is 24.3. The summed E-state index contributed by atoms with van der Waals surface area (Å²) < 4.78 is 49.2. The third-order valence-corrected chi connectivity index (χ3v) is 5.61. The molecule has 0 amide bonds. The molecular weight excluding hydrogens is 489 g/mol. The van der Waals surface area contributed by atoms with E-state index in [0.29, 0.717) is 5.56 Å². The Morgan fingerprint density at radius 3 is 1.69 bits per heavy atom. The van der Waals surface area contributed by atoms with Gasteiger partial charge >= 0.3 is 30.1 Å². The number of halogens is 3. The highest BCUT2D eigenvalue weighted by Gasteiger charge is 2.52. The molecule has 184 valence electrons. The number of carbonyl (C=O) groups is 4. The van der Waals surface area contributed by atoms with E-state index in [4.69, 9.17) is 4.74 Å². The summed E-state index contributed by atoms with van der Waals surface area (Å²) in [6.45, 7) is 0. The van der Waals surface area contributed by atoms with Crippen molar-refractivity contribution >= 4 is 23.9 Å². The van der Waals surface area contributed by atoms with Gasteiger partial charge in [-0.2, -0.15) is 13.2 Å². The van der Waals surface area contributed by atoms with Crippen molar-refractivity contribution in [2.75, 3.05) is 0 Å². The second-order valence-corrected chi connectivity index (χ2v) is 7.63. The molecule has 12 heteroatoms. The van der Waals surface area contributed by atoms with Crippen molar-refractivity contribution in [2.24, 2.45) is 0 Å². The zero-order chi connectivity index (χ0) is 26.5. The third-order valence-electron chi connectivity index (χ3n) is 5.61. The molecular formula is C24H13F3O9. The van der Waals surface area contributed by atoms with Crippen LogP contribution < -0.4 is 4.74 Å². The molecule has 0 radical (unpaired) electrons. The number of rotatable bonds is 5. The van der Waals surface area contributed by atoms with Crippen LogP contribution in [-0.4, -0.2) is 50.5 Å². The van der Waals surface area contributed by atoms with E-state index in [2.05, 4.69) is 0 Å². The Labute approximate surface area is 198 Å². The van der Waals surface area contributed by atoms with Crippen molar-refractivity contribution in [3.8, 4) is 22.6 Å². The van der Waals surface area contributed by atoms with E-state index in [1.165, 1.54) is 24.3 Å². The SMILES string of the molecule is O=C(O)c1c2c(c(C(=O)O)c(C(=O)O)c1C(=O)O)C(C(F)(F)F)c1cccc(-c3ccccc3)c1O2. The fourth-order valence-corrected chi connectivity index (χ4v) is 4.32. The lowest BCUT2D eigenvalue weighted by Gasteiger charge is -2.33. The van der Waals surface area contributed by atoms with Crippen LogP contribution >= 0.6 is 0 Å². The molecule has 3 aromatic carbocycles. The Balaban J connectivity index is 2.25. The second-order valence-electron chi connectivity index (χ2n) is 7.63. The zero-order valence-corrected chi connectivity index (χ0v) is 17.7. The van der Waals surface area contributed by atoms with Crippen LogP contribution in [0.25, 0.3) is 11.1 Å². The molecule has 1 unspecified atom stereocenters. The van der Waals surface area contributed by atoms with E-state index in [0.717, 1.165) is 6.07 Å². The molecule has 1 aliphatic rings.